The van der Waals surface area contributed by atoms with E-state index in [9.17, 15) is 13.6 Å². The number of ether oxygens (including phenoxy) is 1. The molecule has 0 bridgehead atoms. The highest BCUT2D eigenvalue weighted by molar-refractivity contribution is 8.01. The first-order valence-corrected chi connectivity index (χ1v) is 8.58. The average molecular weight is 359 g/mol. The molecule has 0 fully saturated rings. The van der Waals surface area contributed by atoms with Crippen molar-refractivity contribution in [2.45, 2.75) is 24.3 Å². The van der Waals surface area contributed by atoms with Crippen molar-refractivity contribution in [3.8, 4) is 5.75 Å². The third-order valence-corrected chi connectivity index (χ3v) is 4.67. The Hall–Kier alpha value is -1.74. The maximum Gasteiger partial charge on any atom is 0.260 e. The van der Waals surface area contributed by atoms with Crippen molar-refractivity contribution in [3.05, 3.63) is 34.8 Å². The Morgan fingerprint density at radius 2 is 2.22 bits per heavy atom. The van der Waals surface area contributed by atoms with Crippen LogP contribution in [-0.4, -0.2) is 34.5 Å². The van der Waals surface area contributed by atoms with Crippen LogP contribution < -0.4 is 10.1 Å². The Morgan fingerprint density at radius 3 is 2.87 bits per heavy atom. The molecule has 0 saturated heterocycles. The minimum Gasteiger partial charge on any atom is -0.478 e. The zero-order valence-corrected chi connectivity index (χ0v) is 14.1. The molecule has 0 unspecified atom stereocenters. The van der Waals surface area contributed by atoms with E-state index in [-0.39, 0.29) is 11.7 Å². The number of hydrogen-bond donors (Lipinski definition) is 1. The van der Waals surface area contributed by atoms with Crippen LogP contribution in [0.3, 0.4) is 0 Å². The van der Waals surface area contributed by atoms with Gasteiger partial charge < -0.3 is 10.1 Å². The van der Waals surface area contributed by atoms with Gasteiger partial charge >= 0.3 is 0 Å². The van der Waals surface area contributed by atoms with E-state index < -0.39 is 17.7 Å². The van der Waals surface area contributed by atoms with Crippen LogP contribution in [0.25, 0.3) is 0 Å². The molecule has 2 rings (SSSR count). The lowest BCUT2D eigenvalue weighted by molar-refractivity contribution is -0.127. The molecule has 0 aliphatic carbocycles. The van der Waals surface area contributed by atoms with Gasteiger partial charge in [-0.1, -0.05) is 23.1 Å². The quantitative estimate of drug-likeness (QED) is 0.608. The molecule has 0 spiro atoms. The summed E-state index contributed by atoms with van der Waals surface area (Å²) in [4.78, 5) is 11.9. The van der Waals surface area contributed by atoms with Crippen LogP contribution in [0.4, 0.5) is 8.78 Å². The highest BCUT2D eigenvalue weighted by Gasteiger charge is 2.16. The number of carbonyl (C=O) groups excluding carboxylic acids is 1. The molecule has 2 aromatic rings. The number of thioether (sulfide) groups is 1. The number of hydrogen-bond acceptors (Lipinski definition) is 6. The molecule has 23 heavy (non-hydrogen) atoms. The molecular weight excluding hydrogens is 344 g/mol. The minimum absolute atomic E-state index is 0.159. The van der Waals surface area contributed by atoms with Gasteiger partial charge in [0, 0.05) is 18.4 Å². The first-order valence-electron chi connectivity index (χ1n) is 6.78. The minimum atomic E-state index is -0.885. The number of halogens is 2. The Balaban J connectivity index is 1.74. The fraction of sp³-hybridized carbons (Fsp3) is 0.357. The number of amides is 1. The lowest BCUT2D eigenvalue weighted by Crippen LogP contribution is -2.37. The van der Waals surface area contributed by atoms with Gasteiger partial charge in [-0.05, 0) is 26.0 Å². The van der Waals surface area contributed by atoms with E-state index in [0.717, 1.165) is 21.5 Å². The molecule has 0 aliphatic rings. The SMILES string of the molecule is Cc1nnc(SCCNC(=O)[C@H](C)Oc2ccc(F)cc2F)s1. The second kappa shape index (κ2) is 8.21. The van der Waals surface area contributed by atoms with Crippen molar-refractivity contribution < 1.29 is 18.3 Å². The summed E-state index contributed by atoms with van der Waals surface area (Å²) >= 11 is 2.98. The number of aryl methyl sites for hydroxylation is 1. The zero-order valence-electron chi connectivity index (χ0n) is 12.5. The van der Waals surface area contributed by atoms with Crippen LogP contribution in [0, 0.1) is 18.6 Å². The third kappa shape index (κ3) is 5.43. The topological polar surface area (TPSA) is 64.1 Å². The van der Waals surface area contributed by atoms with Gasteiger partial charge in [-0.25, -0.2) is 8.78 Å². The van der Waals surface area contributed by atoms with Gasteiger partial charge in [-0.2, -0.15) is 0 Å². The second-order valence-electron chi connectivity index (χ2n) is 4.56. The Kier molecular flexibility index (Phi) is 6.28. The lowest BCUT2D eigenvalue weighted by atomic mass is 10.3. The van der Waals surface area contributed by atoms with Crippen molar-refractivity contribution in [3.63, 3.8) is 0 Å². The largest absolute Gasteiger partial charge is 0.478 e. The van der Waals surface area contributed by atoms with Crippen molar-refractivity contribution >= 4 is 29.0 Å². The Morgan fingerprint density at radius 1 is 1.43 bits per heavy atom. The number of nitrogens with zero attached hydrogens (tertiary/aromatic N) is 2. The molecular formula is C14H15F2N3O2S2. The number of nitrogens with one attached hydrogen (secondary N) is 1. The van der Waals surface area contributed by atoms with Crippen molar-refractivity contribution in [1.82, 2.24) is 15.5 Å². The normalized spacial score (nSPS) is 12.0. The molecule has 1 aromatic heterocycles. The smallest absolute Gasteiger partial charge is 0.260 e. The van der Waals surface area contributed by atoms with E-state index in [1.165, 1.54) is 30.0 Å². The van der Waals surface area contributed by atoms with E-state index in [0.29, 0.717) is 18.4 Å². The van der Waals surface area contributed by atoms with Crippen molar-refractivity contribution in [1.29, 1.82) is 0 Å². The summed E-state index contributed by atoms with van der Waals surface area (Å²) in [5.41, 5.74) is 0. The third-order valence-electron chi connectivity index (χ3n) is 2.70. The maximum absolute atomic E-state index is 13.5. The van der Waals surface area contributed by atoms with Gasteiger partial charge in [-0.15, -0.1) is 10.2 Å². The summed E-state index contributed by atoms with van der Waals surface area (Å²) in [6.07, 6.45) is -0.885. The van der Waals surface area contributed by atoms with E-state index >= 15 is 0 Å². The Bertz CT molecular complexity index is 682. The molecule has 9 heteroatoms. The molecule has 0 saturated carbocycles. The number of rotatable bonds is 7. The van der Waals surface area contributed by atoms with Gasteiger partial charge in [-0.3, -0.25) is 4.79 Å². The highest BCUT2D eigenvalue weighted by Crippen LogP contribution is 2.21. The average Bonchev–Trinajstić information content (AvgIpc) is 2.91. The van der Waals surface area contributed by atoms with Gasteiger partial charge in [0.15, 0.2) is 22.0 Å². The maximum atomic E-state index is 13.5. The summed E-state index contributed by atoms with van der Waals surface area (Å²) in [5.74, 6) is -1.43. The molecule has 1 heterocycles. The van der Waals surface area contributed by atoms with Gasteiger partial charge in [0.25, 0.3) is 5.91 Å². The van der Waals surface area contributed by atoms with Crippen LogP contribution in [0.1, 0.15) is 11.9 Å². The van der Waals surface area contributed by atoms with Crippen LogP contribution in [0.2, 0.25) is 0 Å². The summed E-state index contributed by atoms with van der Waals surface area (Å²) in [5, 5.41) is 11.4. The van der Waals surface area contributed by atoms with E-state index in [1.54, 1.807) is 0 Å². The summed E-state index contributed by atoms with van der Waals surface area (Å²) in [6.45, 7) is 3.79. The molecule has 124 valence electrons. The molecule has 0 radical (unpaired) electrons. The second-order valence-corrected chi connectivity index (χ2v) is 7.08. The molecule has 1 aromatic carbocycles. The number of carbonyl (C=O) groups is 1. The zero-order chi connectivity index (χ0) is 16.8. The van der Waals surface area contributed by atoms with Crippen LogP contribution in [0.15, 0.2) is 22.5 Å². The van der Waals surface area contributed by atoms with Crippen molar-refractivity contribution in [2.24, 2.45) is 0 Å². The van der Waals surface area contributed by atoms with Gasteiger partial charge in [0.2, 0.25) is 0 Å². The fourth-order valence-corrected chi connectivity index (χ4v) is 3.35. The molecule has 0 aliphatic heterocycles. The van der Waals surface area contributed by atoms with Crippen LogP contribution in [-0.2, 0) is 4.79 Å². The molecule has 5 nitrogen and oxygen atoms in total. The predicted molar refractivity (Wildman–Crippen MR) is 84.8 cm³/mol. The molecule has 1 amide bonds. The summed E-state index contributed by atoms with van der Waals surface area (Å²) in [7, 11) is 0. The molecule has 1 N–H and O–H groups in total. The highest BCUT2D eigenvalue weighted by atomic mass is 32.2. The summed E-state index contributed by atoms with van der Waals surface area (Å²) < 4.78 is 32.3. The van der Waals surface area contributed by atoms with E-state index in [4.69, 9.17) is 4.74 Å². The first-order chi connectivity index (χ1) is 11.0. The standard InChI is InChI=1S/C14H15F2N3O2S2/c1-8(21-12-4-3-10(15)7-11(12)16)13(20)17-5-6-22-14-19-18-9(2)23-14/h3-4,7-8H,5-6H2,1-2H3,(H,17,20)/t8-/m0/s1. The lowest BCUT2D eigenvalue weighted by Gasteiger charge is -2.15. The number of benzene rings is 1. The summed E-state index contributed by atoms with van der Waals surface area (Å²) in [6, 6.07) is 2.94. The first kappa shape index (κ1) is 17.6. The number of aromatic nitrogens is 2. The predicted octanol–water partition coefficient (Wildman–Crippen LogP) is 2.80. The monoisotopic (exact) mass is 359 g/mol. The fourth-order valence-electron chi connectivity index (χ4n) is 1.61. The van der Waals surface area contributed by atoms with Gasteiger partial charge in [0.05, 0.1) is 0 Å². The Labute approximate surface area is 140 Å². The van der Waals surface area contributed by atoms with E-state index in [2.05, 4.69) is 15.5 Å². The van der Waals surface area contributed by atoms with E-state index in [1.807, 2.05) is 6.92 Å². The van der Waals surface area contributed by atoms with Crippen LogP contribution >= 0.6 is 23.1 Å². The van der Waals surface area contributed by atoms with Crippen LogP contribution in [0.5, 0.6) is 5.75 Å². The van der Waals surface area contributed by atoms with Crippen molar-refractivity contribution in [2.75, 3.05) is 12.3 Å². The molecule has 1 atom stereocenters. The van der Waals surface area contributed by atoms with Gasteiger partial charge in [0.1, 0.15) is 10.8 Å².